The molecule has 0 aliphatic carbocycles. The molecule has 0 atom stereocenters. The highest BCUT2D eigenvalue weighted by atomic mass is 35.5. The van der Waals surface area contributed by atoms with Gasteiger partial charge in [-0.05, 0) is 36.1 Å². The van der Waals surface area contributed by atoms with E-state index >= 15 is 0 Å². The van der Waals surface area contributed by atoms with Crippen LogP contribution in [0.3, 0.4) is 0 Å². The van der Waals surface area contributed by atoms with Gasteiger partial charge in [0.15, 0.2) is 0 Å². The summed E-state index contributed by atoms with van der Waals surface area (Å²) in [6.45, 7) is 4.09. The van der Waals surface area contributed by atoms with Crippen molar-refractivity contribution < 1.29 is 4.79 Å². The summed E-state index contributed by atoms with van der Waals surface area (Å²) in [6, 6.07) is 13.5. The van der Waals surface area contributed by atoms with Crippen molar-refractivity contribution in [3.8, 4) is 0 Å². The van der Waals surface area contributed by atoms with Crippen LogP contribution >= 0.6 is 11.6 Å². The van der Waals surface area contributed by atoms with Crippen LogP contribution in [0.2, 0.25) is 5.02 Å². The minimum Gasteiger partial charge on any atom is -0.325 e. The summed E-state index contributed by atoms with van der Waals surface area (Å²) in [4.78, 5) is 12.2. The van der Waals surface area contributed by atoms with Crippen molar-refractivity contribution in [2.75, 3.05) is 5.32 Å². The first-order valence-corrected chi connectivity index (χ1v) is 7.11. The van der Waals surface area contributed by atoms with Crippen LogP contribution in [0, 0.1) is 6.92 Å². The van der Waals surface area contributed by atoms with Gasteiger partial charge in [-0.15, -0.1) is 0 Å². The molecular formula is C17H18ClNO. The van der Waals surface area contributed by atoms with Gasteiger partial charge in [-0.2, -0.15) is 0 Å². The lowest BCUT2D eigenvalue weighted by atomic mass is 10.1. The Balaban J connectivity index is 2.15. The van der Waals surface area contributed by atoms with Gasteiger partial charge in [-0.3, -0.25) is 4.79 Å². The molecule has 0 fully saturated rings. The fourth-order valence-electron chi connectivity index (χ4n) is 2.20. The Morgan fingerprint density at radius 3 is 2.50 bits per heavy atom. The predicted molar refractivity (Wildman–Crippen MR) is 84.3 cm³/mol. The molecule has 1 N–H and O–H groups in total. The van der Waals surface area contributed by atoms with E-state index in [2.05, 4.69) is 12.2 Å². The molecule has 0 spiro atoms. The van der Waals surface area contributed by atoms with Crippen LogP contribution in [-0.4, -0.2) is 5.91 Å². The smallest absolute Gasteiger partial charge is 0.228 e. The van der Waals surface area contributed by atoms with Gasteiger partial charge in [-0.1, -0.05) is 54.9 Å². The predicted octanol–water partition coefficient (Wildman–Crippen LogP) is 4.39. The molecule has 0 heterocycles. The summed E-state index contributed by atoms with van der Waals surface area (Å²) in [5.41, 5.74) is 4.00. The average Bonchev–Trinajstić information content (AvgIpc) is 2.43. The van der Waals surface area contributed by atoms with Crippen LogP contribution in [0.25, 0.3) is 0 Å². The molecule has 0 unspecified atom stereocenters. The largest absolute Gasteiger partial charge is 0.325 e. The average molecular weight is 288 g/mol. The highest BCUT2D eigenvalue weighted by Gasteiger charge is 2.10. The molecule has 0 saturated heterocycles. The molecule has 0 radical (unpaired) electrons. The van der Waals surface area contributed by atoms with Crippen molar-refractivity contribution >= 4 is 23.2 Å². The number of hydrogen-bond acceptors (Lipinski definition) is 1. The number of halogens is 1. The van der Waals surface area contributed by atoms with Crippen LogP contribution in [0.1, 0.15) is 23.6 Å². The second-order valence-corrected chi connectivity index (χ2v) is 5.19. The lowest BCUT2D eigenvalue weighted by Gasteiger charge is -2.13. The van der Waals surface area contributed by atoms with Crippen LogP contribution in [-0.2, 0) is 17.6 Å². The molecular weight excluding hydrogens is 270 g/mol. The molecule has 2 aromatic rings. The number of para-hydroxylation sites is 1. The van der Waals surface area contributed by atoms with E-state index in [9.17, 15) is 4.79 Å². The number of carbonyl (C=O) groups is 1. The van der Waals surface area contributed by atoms with Crippen molar-refractivity contribution in [3.63, 3.8) is 0 Å². The molecule has 0 aromatic heterocycles. The number of benzene rings is 2. The number of nitrogens with one attached hydrogen (secondary N) is 1. The van der Waals surface area contributed by atoms with Gasteiger partial charge in [-0.25, -0.2) is 0 Å². The molecule has 2 rings (SSSR count). The van der Waals surface area contributed by atoms with Crippen molar-refractivity contribution in [3.05, 3.63) is 64.2 Å². The topological polar surface area (TPSA) is 29.1 Å². The van der Waals surface area contributed by atoms with Crippen molar-refractivity contribution in [1.29, 1.82) is 0 Å². The van der Waals surface area contributed by atoms with Gasteiger partial charge in [0.25, 0.3) is 0 Å². The molecule has 3 heteroatoms. The Morgan fingerprint density at radius 1 is 1.10 bits per heavy atom. The zero-order valence-electron chi connectivity index (χ0n) is 11.7. The van der Waals surface area contributed by atoms with E-state index in [0.717, 1.165) is 28.8 Å². The SMILES string of the molecule is CCc1cccc(C)c1NC(=O)Cc1ccccc1Cl. The number of aryl methyl sites for hydroxylation is 2. The lowest BCUT2D eigenvalue weighted by molar-refractivity contribution is -0.115. The Hall–Kier alpha value is -1.80. The molecule has 20 heavy (non-hydrogen) atoms. The highest BCUT2D eigenvalue weighted by molar-refractivity contribution is 6.31. The van der Waals surface area contributed by atoms with Gasteiger partial charge < -0.3 is 5.32 Å². The maximum atomic E-state index is 12.2. The summed E-state index contributed by atoms with van der Waals surface area (Å²) >= 11 is 6.08. The molecule has 0 saturated carbocycles. The Labute approximate surface area is 124 Å². The van der Waals surface area contributed by atoms with Crippen LogP contribution < -0.4 is 5.32 Å². The number of hydrogen-bond donors (Lipinski definition) is 1. The third kappa shape index (κ3) is 3.40. The number of carbonyl (C=O) groups excluding carboxylic acids is 1. The van der Waals surface area contributed by atoms with E-state index in [-0.39, 0.29) is 12.3 Å². The first kappa shape index (κ1) is 14.6. The van der Waals surface area contributed by atoms with E-state index in [1.165, 1.54) is 0 Å². The van der Waals surface area contributed by atoms with Crippen molar-refractivity contribution in [2.24, 2.45) is 0 Å². The van der Waals surface area contributed by atoms with E-state index in [4.69, 9.17) is 11.6 Å². The molecule has 0 aliphatic heterocycles. The van der Waals surface area contributed by atoms with E-state index < -0.39 is 0 Å². The van der Waals surface area contributed by atoms with Gasteiger partial charge in [0.2, 0.25) is 5.91 Å². The molecule has 2 aromatic carbocycles. The van der Waals surface area contributed by atoms with Crippen LogP contribution in [0.5, 0.6) is 0 Å². The molecule has 1 amide bonds. The maximum Gasteiger partial charge on any atom is 0.228 e. The highest BCUT2D eigenvalue weighted by Crippen LogP contribution is 2.22. The Morgan fingerprint density at radius 2 is 1.80 bits per heavy atom. The summed E-state index contributed by atoms with van der Waals surface area (Å²) in [6.07, 6.45) is 1.18. The molecule has 0 bridgehead atoms. The van der Waals surface area contributed by atoms with E-state index in [0.29, 0.717) is 5.02 Å². The number of rotatable bonds is 4. The van der Waals surface area contributed by atoms with E-state index in [1.54, 1.807) is 6.07 Å². The first-order valence-electron chi connectivity index (χ1n) is 6.73. The summed E-state index contributed by atoms with van der Waals surface area (Å²) < 4.78 is 0. The number of amides is 1. The van der Waals surface area contributed by atoms with Gasteiger partial charge in [0, 0.05) is 10.7 Å². The summed E-state index contributed by atoms with van der Waals surface area (Å²) in [5.74, 6) is -0.0397. The van der Waals surface area contributed by atoms with Crippen LogP contribution in [0.15, 0.2) is 42.5 Å². The number of anilines is 1. The van der Waals surface area contributed by atoms with E-state index in [1.807, 2.05) is 43.3 Å². The summed E-state index contributed by atoms with van der Waals surface area (Å²) in [5, 5.41) is 3.64. The fraction of sp³-hybridized carbons (Fsp3) is 0.235. The Bertz CT molecular complexity index is 622. The molecule has 2 nitrogen and oxygen atoms in total. The minimum absolute atomic E-state index is 0.0397. The normalized spacial score (nSPS) is 10.3. The van der Waals surface area contributed by atoms with Gasteiger partial charge in [0.05, 0.1) is 6.42 Å². The molecule has 104 valence electrons. The standard InChI is InChI=1S/C17H18ClNO/c1-3-13-9-6-7-12(2)17(13)19-16(20)11-14-8-4-5-10-15(14)18/h4-10H,3,11H2,1-2H3,(H,19,20). The zero-order valence-corrected chi connectivity index (χ0v) is 12.5. The Kier molecular flexibility index (Phi) is 4.80. The third-order valence-electron chi connectivity index (χ3n) is 3.31. The van der Waals surface area contributed by atoms with Crippen LogP contribution in [0.4, 0.5) is 5.69 Å². The molecule has 0 aliphatic rings. The lowest BCUT2D eigenvalue weighted by Crippen LogP contribution is -2.16. The first-order chi connectivity index (χ1) is 9.61. The van der Waals surface area contributed by atoms with Crippen molar-refractivity contribution in [2.45, 2.75) is 26.7 Å². The second-order valence-electron chi connectivity index (χ2n) is 4.78. The quantitative estimate of drug-likeness (QED) is 0.888. The third-order valence-corrected chi connectivity index (χ3v) is 3.68. The van der Waals surface area contributed by atoms with Crippen molar-refractivity contribution in [1.82, 2.24) is 0 Å². The fourth-order valence-corrected chi connectivity index (χ4v) is 2.40. The summed E-state index contributed by atoms with van der Waals surface area (Å²) in [7, 11) is 0. The zero-order chi connectivity index (χ0) is 14.5. The monoisotopic (exact) mass is 287 g/mol. The second kappa shape index (κ2) is 6.58. The van der Waals surface area contributed by atoms with Gasteiger partial charge in [0.1, 0.15) is 0 Å². The maximum absolute atomic E-state index is 12.2. The van der Waals surface area contributed by atoms with Gasteiger partial charge >= 0.3 is 0 Å². The minimum atomic E-state index is -0.0397.